The van der Waals surface area contributed by atoms with E-state index in [1.807, 2.05) is 13.8 Å². The Labute approximate surface area is 152 Å². The van der Waals surface area contributed by atoms with Gasteiger partial charge in [-0.2, -0.15) is 0 Å². The van der Waals surface area contributed by atoms with E-state index in [0.29, 0.717) is 17.7 Å². The van der Waals surface area contributed by atoms with E-state index in [1.165, 1.54) is 12.0 Å². The average Bonchev–Trinajstić information content (AvgIpc) is 2.66. The lowest BCUT2D eigenvalue weighted by atomic mass is 9.97. The number of benzene rings is 1. The second-order valence-electron chi connectivity index (χ2n) is 5.75. The molecule has 0 saturated carbocycles. The maximum absolute atomic E-state index is 12.5. The number of esters is 2. The molecule has 1 heterocycles. The highest BCUT2D eigenvalue weighted by molar-refractivity contribution is 6.15. The predicted molar refractivity (Wildman–Crippen MR) is 93.9 cm³/mol. The van der Waals surface area contributed by atoms with Crippen molar-refractivity contribution in [2.24, 2.45) is 0 Å². The quantitative estimate of drug-likeness (QED) is 0.661. The zero-order valence-electron chi connectivity index (χ0n) is 15.4. The van der Waals surface area contributed by atoms with Crippen LogP contribution < -0.4 is 0 Å². The molecule has 26 heavy (non-hydrogen) atoms. The van der Waals surface area contributed by atoms with Crippen LogP contribution in [0.4, 0.5) is 0 Å². The lowest BCUT2D eigenvalue weighted by molar-refractivity contribution is -0.148. The summed E-state index contributed by atoms with van der Waals surface area (Å²) >= 11 is 0. The van der Waals surface area contributed by atoms with Gasteiger partial charge in [0.2, 0.25) is 5.76 Å². The van der Waals surface area contributed by atoms with Crippen molar-refractivity contribution in [1.82, 2.24) is 4.90 Å². The Morgan fingerprint density at radius 3 is 2.50 bits per heavy atom. The standard InChI is InChI=1S/C19H23NO6/c1-5-12(3)26-17-16(20(18(17)22)11-15(21)25-6-2)13-9-7-8-10-14(13)19(23)24-4/h7-10,12H,5-6,11H2,1-4H3. The van der Waals surface area contributed by atoms with Crippen molar-refractivity contribution >= 4 is 23.5 Å². The first-order chi connectivity index (χ1) is 12.4. The van der Waals surface area contributed by atoms with E-state index in [2.05, 4.69) is 0 Å². The Bertz CT molecular complexity index is 739. The Morgan fingerprint density at radius 2 is 1.88 bits per heavy atom. The molecule has 0 bridgehead atoms. The van der Waals surface area contributed by atoms with Crippen LogP contribution in [-0.2, 0) is 23.8 Å². The normalized spacial score (nSPS) is 14.6. The van der Waals surface area contributed by atoms with Crippen molar-refractivity contribution in [3.8, 4) is 0 Å². The first kappa shape index (κ1) is 19.5. The van der Waals surface area contributed by atoms with Crippen LogP contribution in [0.25, 0.3) is 5.70 Å². The number of nitrogens with zero attached hydrogens (tertiary/aromatic N) is 1. The molecule has 0 N–H and O–H groups in total. The second-order valence-corrected chi connectivity index (χ2v) is 5.75. The topological polar surface area (TPSA) is 82.1 Å². The smallest absolute Gasteiger partial charge is 0.338 e. The van der Waals surface area contributed by atoms with Gasteiger partial charge in [-0.15, -0.1) is 0 Å². The van der Waals surface area contributed by atoms with Crippen LogP contribution in [0, 0.1) is 0 Å². The van der Waals surface area contributed by atoms with E-state index < -0.39 is 17.8 Å². The SMILES string of the molecule is CCOC(=O)CN1C(=O)C(OC(C)CC)=C1c1ccccc1C(=O)OC. The summed E-state index contributed by atoms with van der Waals surface area (Å²) in [5.74, 6) is -1.34. The van der Waals surface area contributed by atoms with Crippen molar-refractivity contribution in [3.63, 3.8) is 0 Å². The number of carbonyl (C=O) groups excluding carboxylic acids is 3. The number of rotatable bonds is 8. The highest BCUT2D eigenvalue weighted by atomic mass is 16.5. The Kier molecular flexibility index (Phi) is 6.38. The molecule has 1 atom stereocenters. The summed E-state index contributed by atoms with van der Waals surface area (Å²) in [5, 5.41) is 0. The van der Waals surface area contributed by atoms with Crippen LogP contribution in [0.15, 0.2) is 30.0 Å². The molecule has 1 aliphatic rings. The van der Waals surface area contributed by atoms with E-state index in [1.54, 1.807) is 31.2 Å². The van der Waals surface area contributed by atoms with E-state index in [-0.39, 0.29) is 30.6 Å². The van der Waals surface area contributed by atoms with Crippen molar-refractivity contribution in [3.05, 3.63) is 41.2 Å². The molecule has 1 aromatic carbocycles. The summed E-state index contributed by atoms with van der Waals surface area (Å²) in [6.45, 7) is 5.45. The molecule has 1 unspecified atom stereocenters. The molecular weight excluding hydrogens is 338 g/mol. The van der Waals surface area contributed by atoms with Gasteiger partial charge in [-0.1, -0.05) is 25.1 Å². The van der Waals surface area contributed by atoms with Gasteiger partial charge in [-0.3, -0.25) is 14.5 Å². The molecule has 7 nitrogen and oxygen atoms in total. The Balaban J connectivity index is 2.48. The van der Waals surface area contributed by atoms with Crippen LogP contribution in [-0.4, -0.2) is 49.1 Å². The lowest BCUT2D eigenvalue weighted by Crippen LogP contribution is -2.46. The number of amides is 1. The van der Waals surface area contributed by atoms with Gasteiger partial charge in [-0.05, 0) is 26.3 Å². The third-order valence-electron chi connectivity index (χ3n) is 4.00. The number of ether oxygens (including phenoxy) is 3. The molecule has 0 aromatic heterocycles. The second kappa shape index (κ2) is 8.51. The van der Waals surface area contributed by atoms with Crippen LogP contribution in [0.1, 0.15) is 43.1 Å². The number of hydrogen-bond acceptors (Lipinski definition) is 6. The van der Waals surface area contributed by atoms with E-state index in [9.17, 15) is 14.4 Å². The first-order valence-electron chi connectivity index (χ1n) is 8.50. The molecule has 0 radical (unpaired) electrons. The minimum atomic E-state index is -0.536. The predicted octanol–water partition coefficient (Wildman–Crippen LogP) is 2.36. The fourth-order valence-corrected chi connectivity index (χ4v) is 2.52. The van der Waals surface area contributed by atoms with Gasteiger partial charge in [0.1, 0.15) is 12.2 Å². The van der Waals surface area contributed by atoms with Gasteiger partial charge in [0.15, 0.2) is 0 Å². The summed E-state index contributed by atoms with van der Waals surface area (Å²) in [4.78, 5) is 37.7. The Morgan fingerprint density at radius 1 is 1.19 bits per heavy atom. The maximum Gasteiger partial charge on any atom is 0.338 e. The summed E-state index contributed by atoms with van der Waals surface area (Å²) in [5.41, 5.74) is 1.16. The molecule has 140 valence electrons. The van der Waals surface area contributed by atoms with Gasteiger partial charge >= 0.3 is 11.9 Å². The first-order valence-corrected chi connectivity index (χ1v) is 8.50. The van der Waals surface area contributed by atoms with Crippen LogP contribution in [0.5, 0.6) is 0 Å². The zero-order chi connectivity index (χ0) is 19.3. The minimum Gasteiger partial charge on any atom is -0.483 e. The summed E-state index contributed by atoms with van der Waals surface area (Å²) < 4.78 is 15.5. The van der Waals surface area contributed by atoms with Crippen LogP contribution in [0.3, 0.4) is 0 Å². The van der Waals surface area contributed by atoms with Gasteiger partial charge in [0.05, 0.1) is 25.4 Å². The molecule has 1 amide bonds. The average molecular weight is 361 g/mol. The highest BCUT2D eigenvalue weighted by Crippen LogP contribution is 2.37. The molecule has 1 aromatic rings. The summed E-state index contributed by atoms with van der Waals surface area (Å²) in [7, 11) is 1.28. The molecule has 7 heteroatoms. The number of hydrogen-bond donors (Lipinski definition) is 0. The monoisotopic (exact) mass is 361 g/mol. The van der Waals surface area contributed by atoms with Gasteiger partial charge in [-0.25, -0.2) is 4.79 Å². The molecule has 0 spiro atoms. The minimum absolute atomic E-state index is 0.139. The molecule has 0 aliphatic carbocycles. The molecule has 0 saturated heterocycles. The van der Waals surface area contributed by atoms with Crippen molar-refractivity contribution < 1.29 is 28.6 Å². The summed E-state index contributed by atoms with van der Waals surface area (Å²) in [6, 6.07) is 6.72. The van der Waals surface area contributed by atoms with Crippen molar-refractivity contribution in [2.75, 3.05) is 20.3 Å². The Hall–Kier alpha value is -2.83. The van der Waals surface area contributed by atoms with Gasteiger partial charge < -0.3 is 14.2 Å². The van der Waals surface area contributed by atoms with Crippen LogP contribution in [0.2, 0.25) is 0 Å². The molecule has 1 aliphatic heterocycles. The molecular formula is C19H23NO6. The lowest BCUT2D eigenvalue weighted by Gasteiger charge is -2.36. The van der Waals surface area contributed by atoms with E-state index in [0.717, 1.165) is 0 Å². The highest BCUT2D eigenvalue weighted by Gasteiger charge is 2.42. The van der Waals surface area contributed by atoms with E-state index in [4.69, 9.17) is 14.2 Å². The molecule has 2 rings (SSSR count). The number of carbonyl (C=O) groups is 3. The zero-order valence-corrected chi connectivity index (χ0v) is 15.4. The van der Waals surface area contributed by atoms with Gasteiger partial charge in [0.25, 0.3) is 5.91 Å². The largest absolute Gasteiger partial charge is 0.483 e. The third kappa shape index (κ3) is 3.87. The van der Waals surface area contributed by atoms with Crippen molar-refractivity contribution in [2.45, 2.75) is 33.3 Å². The summed E-state index contributed by atoms with van der Waals surface area (Å²) in [6.07, 6.45) is 0.527. The fourth-order valence-electron chi connectivity index (χ4n) is 2.52. The maximum atomic E-state index is 12.5. The third-order valence-corrected chi connectivity index (χ3v) is 4.00. The van der Waals surface area contributed by atoms with E-state index >= 15 is 0 Å². The molecule has 0 fully saturated rings. The van der Waals surface area contributed by atoms with Crippen molar-refractivity contribution in [1.29, 1.82) is 0 Å². The van der Waals surface area contributed by atoms with Crippen LogP contribution >= 0.6 is 0 Å². The van der Waals surface area contributed by atoms with Gasteiger partial charge in [0, 0.05) is 5.56 Å². The number of methoxy groups -OCH3 is 1. The fraction of sp³-hybridized carbons (Fsp3) is 0.421.